The number of hydrogen-bond donors (Lipinski definition) is 3. The van der Waals surface area contributed by atoms with Crippen molar-refractivity contribution in [2.45, 2.75) is 0 Å². The zero-order valence-corrected chi connectivity index (χ0v) is 7.85. The summed E-state index contributed by atoms with van der Waals surface area (Å²) >= 11 is 0. The topological polar surface area (TPSA) is 79.5 Å². The Morgan fingerprint density at radius 2 is 2.00 bits per heavy atom. The van der Waals surface area contributed by atoms with Gasteiger partial charge in [-0.15, -0.1) is 0 Å². The molecule has 0 radical (unpaired) electrons. The molecule has 6 nitrogen and oxygen atoms in total. The van der Waals surface area contributed by atoms with Gasteiger partial charge in [-0.1, -0.05) is 0 Å². The number of nitrogens with one attached hydrogen (secondary N) is 3. The van der Waals surface area contributed by atoms with E-state index in [1.807, 2.05) is 0 Å². The van der Waals surface area contributed by atoms with Crippen molar-refractivity contribution >= 4 is 11.9 Å². The Labute approximate surface area is 77.0 Å². The highest BCUT2D eigenvalue weighted by Gasteiger charge is 2.01. The van der Waals surface area contributed by atoms with Gasteiger partial charge in [-0.25, -0.2) is 4.79 Å². The van der Waals surface area contributed by atoms with Crippen molar-refractivity contribution in [2.75, 3.05) is 33.9 Å². The number of carbonyl (C=O) groups is 2. The summed E-state index contributed by atoms with van der Waals surface area (Å²) < 4.78 is 4.72. The molecule has 0 rings (SSSR count). The van der Waals surface area contributed by atoms with Crippen LogP contribution in [0.2, 0.25) is 0 Å². The van der Waals surface area contributed by atoms with Gasteiger partial charge in [0, 0.05) is 20.7 Å². The minimum Gasteiger partial charge on any atom is -0.383 e. The standard InChI is InChI=1S/C7H15N3O3/c1-8-7(12)10-5-6(11)9-3-4-13-2/h3-5H2,1-2H3,(H,9,11)(H2,8,10,12). The molecule has 6 heteroatoms. The second kappa shape index (κ2) is 7.35. The smallest absolute Gasteiger partial charge is 0.314 e. The lowest BCUT2D eigenvalue weighted by Gasteiger charge is -2.05. The van der Waals surface area contributed by atoms with Gasteiger partial charge in [0.1, 0.15) is 0 Å². The molecular formula is C7H15N3O3. The first-order valence-electron chi connectivity index (χ1n) is 3.92. The molecule has 3 amide bonds. The molecule has 76 valence electrons. The maximum absolute atomic E-state index is 10.9. The van der Waals surface area contributed by atoms with E-state index in [-0.39, 0.29) is 18.5 Å². The molecule has 0 atom stereocenters. The summed E-state index contributed by atoms with van der Waals surface area (Å²) in [6.45, 7) is 0.889. The summed E-state index contributed by atoms with van der Waals surface area (Å²) in [5.41, 5.74) is 0. The molecule has 0 aromatic heterocycles. The maximum atomic E-state index is 10.9. The van der Waals surface area contributed by atoms with E-state index in [0.29, 0.717) is 13.2 Å². The number of methoxy groups -OCH3 is 1. The van der Waals surface area contributed by atoms with E-state index in [1.54, 1.807) is 7.11 Å². The van der Waals surface area contributed by atoms with E-state index < -0.39 is 0 Å². The highest BCUT2D eigenvalue weighted by molar-refractivity contribution is 5.83. The Morgan fingerprint density at radius 1 is 1.31 bits per heavy atom. The number of carbonyl (C=O) groups excluding carboxylic acids is 2. The van der Waals surface area contributed by atoms with Crippen LogP contribution in [0.5, 0.6) is 0 Å². The zero-order chi connectivity index (χ0) is 10.1. The summed E-state index contributed by atoms with van der Waals surface area (Å²) in [5, 5.41) is 7.25. The molecule has 0 unspecified atom stereocenters. The predicted molar refractivity (Wildman–Crippen MR) is 47.3 cm³/mol. The third kappa shape index (κ3) is 7.07. The predicted octanol–water partition coefficient (Wildman–Crippen LogP) is -1.32. The molecule has 0 aliphatic rings. The van der Waals surface area contributed by atoms with Crippen molar-refractivity contribution in [3.63, 3.8) is 0 Å². The lowest BCUT2D eigenvalue weighted by atomic mass is 10.5. The van der Waals surface area contributed by atoms with Crippen LogP contribution in [0.4, 0.5) is 4.79 Å². The van der Waals surface area contributed by atoms with Gasteiger partial charge in [0.2, 0.25) is 5.91 Å². The van der Waals surface area contributed by atoms with Crippen LogP contribution in [0.15, 0.2) is 0 Å². The van der Waals surface area contributed by atoms with Gasteiger partial charge in [-0.3, -0.25) is 4.79 Å². The molecule has 0 heterocycles. The SMILES string of the molecule is CNC(=O)NCC(=O)NCCOC. The van der Waals surface area contributed by atoms with Crippen LogP contribution < -0.4 is 16.0 Å². The minimum absolute atomic E-state index is 0.0244. The Kier molecular flexibility index (Phi) is 6.62. The van der Waals surface area contributed by atoms with Gasteiger partial charge >= 0.3 is 6.03 Å². The molecular weight excluding hydrogens is 174 g/mol. The molecule has 0 saturated carbocycles. The van der Waals surface area contributed by atoms with Gasteiger partial charge in [-0.2, -0.15) is 0 Å². The summed E-state index contributed by atoms with van der Waals surface area (Å²) in [5.74, 6) is -0.236. The fourth-order valence-corrected chi connectivity index (χ4v) is 0.604. The molecule has 0 aliphatic heterocycles. The van der Waals surface area contributed by atoms with Crippen LogP contribution in [0.1, 0.15) is 0 Å². The molecule has 0 spiro atoms. The molecule has 13 heavy (non-hydrogen) atoms. The van der Waals surface area contributed by atoms with Crippen LogP contribution in [0.25, 0.3) is 0 Å². The van der Waals surface area contributed by atoms with Crippen LogP contribution in [0, 0.1) is 0 Å². The van der Waals surface area contributed by atoms with Gasteiger partial charge < -0.3 is 20.7 Å². The van der Waals surface area contributed by atoms with Crippen molar-refractivity contribution < 1.29 is 14.3 Å². The average molecular weight is 189 g/mol. The monoisotopic (exact) mass is 189 g/mol. The Balaban J connectivity index is 3.35. The minimum atomic E-state index is -0.373. The molecule has 0 fully saturated rings. The number of urea groups is 1. The fraction of sp³-hybridized carbons (Fsp3) is 0.714. The Morgan fingerprint density at radius 3 is 2.54 bits per heavy atom. The normalized spacial score (nSPS) is 9.08. The summed E-state index contributed by atoms with van der Waals surface area (Å²) in [4.78, 5) is 21.5. The van der Waals surface area contributed by atoms with E-state index >= 15 is 0 Å². The van der Waals surface area contributed by atoms with E-state index in [1.165, 1.54) is 7.05 Å². The highest BCUT2D eigenvalue weighted by atomic mass is 16.5. The summed E-state index contributed by atoms with van der Waals surface area (Å²) in [7, 11) is 3.03. The first-order chi connectivity index (χ1) is 6.20. The fourth-order valence-electron chi connectivity index (χ4n) is 0.604. The lowest BCUT2D eigenvalue weighted by Crippen LogP contribution is -2.41. The Bertz CT molecular complexity index is 172. The number of rotatable bonds is 5. The molecule has 0 bridgehead atoms. The van der Waals surface area contributed by atoms with Crippen molar-refractivity contribution in [1.82, 2.24) is 16.0 Å². The van der Waals surface area contributed by atoms with Crippen molar-refractivity contribution in [1.29, 1.82) is 0 Å². The largest absolute Gasteiger partial charge is 0.383 e. The van der Waals surface area contributed by atoms with E-state index in [2.05, 4.69) is 16.0 Å². The third-order valence-electron chi connectivity index (χ3n) is 1.26. The number of hydrogen-bond acceptors (Lipinski definition) is 3. The molecule has 0 aliphatic carbocycles. The Hall–Kier alpha value is -1.30. The van der Waals surface area contributed by atoms with Crippen molar-refractivity contribution in [3.05, 3.63) is 0 Å². The molecule has 0 aromatic rings. The quantitative estimate of drug-likeness (QED) is 0.469. The second-order valence-corrected chi connectivity index (χ2v) is 2.28. The van der Waals surface area contributed by atoms with Crippen molar-refractivity contribution in [2.24, 2.45) is 0 Å². The van der Waals surface area contributed by atoms with E-state index in [4.69, 9.17) is 4.74 Å². The molecule has 3 N–H and O–H groups in total. The van der Waals surface area contributed by atoms with Crippen LogP contribution in [0.3, 0.4) is 0 Å². The first kappa shape index (κ1) is 11.7. The average Bonchev–Trinajstić information content (AvgIpc) is 2.14. The zero-order valence-electron chi connectivity index (χ0n) is 7.85. The van der Waals surface area contributed by atoms with E-state index in [9.17, 15) is 9.59 Å². The maximum Gasteiger partial charge on any atom is 0.314 e. The summed E-state index contributed by atoms with van der Waals surface area (Å²) in [6, 6.07) is -0.373. The van der Waals surface area contributed by atoms with Gasteiger partial charge in [-0.05, 0) is 0 Å². The second-order valence-electron chi connectivity index (χ2n) is 2.28. The third-order valence-corrected chi connectivity index (χ3v) is 1.26. The van der Waals surface area contributed by atoms with Gasteiger partial charge in [0.05, 0.1) is 13.2 Å². The van der Waals surface area contributed by atoms with Gasteiger partial charge in [0.15, 0.2) is 0 Å². The first-order valence-corrected chi connectivity index (χ1v) is 3.92. The molecule has 0 saturated heterocycles. The lowest BCUT2D eigenvalue weighted by molar-refractivity contribution is -0.120. The van der Waals surface area contributed by atoms with Crippen LogP contribution in [-0.4, -0.2) is 45.8 Å². The van der Waals surface area contributed by atoms with Gasteiger partial charge in [0.25, 0.3) is 0 Å². The van der Waals surface area contributed by atoms with Crippen LogP contribution in [-0.2, 0) is 9.53 Å². The summed E-state index contributed by atoms with van der Waals surface area (Å²) in [6.07, 6.45) is 0. The molecule has 0 aromatic carbocycles. The number of ether oxygens (including phenoxy) is 1. The number of amides is 3. The van der Waals surface area contributed by atoms with Crippen molar-refractivity contribution in [3.8, 4) is 0 Å². The van der Waals surface area contributed by atoms with Crippen LogP contribution >= 0.6 is 0 Å². The highest BCUT2D eigenvalue weighted by Crippen LogP contribution is 1.67. The van der Waals surface area contributed by atoms with E-state index in [0.717, 1.165) is 0 Å².